The standard InChI is InChI=1S/C55H37NSi/c1-34-23-27-41-42-28-24-35(2)32-52(42)57(51(41)31-34)53-33-37(26-30-43(53)44-29-25-36-13-3-4-14-38(36)54(44)57)56-49-21-11-9-19-47(49)55(48-20-10-12-22-50(48)56)45-17-7-5-15-39(45)40-16-6-8-18-46(40)55/h3-33H,1-2H3. The number of aryl methyl sites for hydroxylation is 2. The van der Waals surface area contributed by atoms with Crippen LogP contribution in [0.5, 0.6) is 0 Å². The number of para-hydroxylation sites is 2. The van der Waals surface area contributed by atoms with E-state index in [2.05, 4.69) is 207 Å². The molecule has 266 valence electrons. The topological polar surface area (TPSA) is 3.24 Å². The molecule has 0 aromatic heterocycles. The lowest BCUT2D eigenvalue weighted by Gasteiger charge is -2.45. The first-order valence-corrected chi connectivity index (χ1v) is 22.2. The summed E-state index contributed by atoms with van der Waals surface area (Å²) in [6, 6.07) is 72.4. The van der Waals surface area contributed by atoms with Crippen molar-refractivity contribution in [3.05, 3.63) is 221 Å². The molecule has 4 aliphatic rings. The van der Waals surface area contributed by atoms with E-state index in [9.17, 15) is 0 Å². The van der Waals surface area contributed by atoms with Crippen molar-refractivity contribution in [3.8, 4) is 33.4 Å². The van der Waals surface area contributed by atoms with Crippen molar-refractivity contribution in [3.63, 3.8) is 0 Å². The molecule has 0 N–H and O–H groups in total. The first-order chi connectivity index (χ1) is 28.1. The van der Waals surface area contributed by atoms with E-state index in [1.807, 2.05) is 0 Å². The van der Waals surface area contributed by atoms with E-state index < -0.39 is 13.5 Å². The van der Waals surface area contributed by atoms with Crippen LogP contribution < -0.4 is 25.6 Å². The van der Waals surface area contributed by atoms with Crippen molar-refractivity contribution >= 4 is 56.7 Å². The number of hydrogen-bond donors (Lipinski definition) is 0. The van der Waals surface area contributed by atoms with Crippen LogP contribution in [0.15, 0.2) is 188 Å². The van der Waals surface area contributed by atoms with Gasteiger partial charge in [0.15, 0.2) is 8.07 Å². The maximum Gasteiger partial charge on any atom is 0.182 e. The number of hydrogen-bond acceptors (Lipinski definition) is 1. The molecule has 3 aliphatic heterocycles. The second kappa shape index (κ2) is 11.0. The third-order valence-electron chi connectivity index (χ3n) is 13.8. The van der Waals surface area contributed by atoms with Crippen molar-refractivity contribution in [1.82, 2.24) is 0 Å². The third kappa shape index (κ3) is 3.71. The van der Waals surface area contributed by atoms with Gasteiger partial charge >= 0.3 is 0 Å². The molecule has 2 heteroatoms. The summed E-state index contributed by atoms with van der Waals surface area (Å²) < 4.78 is 0. The number of benzene rings is 9. The van der Waals surface area contributed by atoms with Crippen LogP contribution in [0, 0.1) is 13.8 Å². The molecule has 9 aromatic rings. The fourth-order valence-electron chi connectivity index (χ4n) is 11.7. The molecule has 1 aliphatic carbocycles. The van der Waals surface area contributed by atoms with Gasteiger partial charge in [-0.15, -0.1) is 0 Å². The van der Waals surface area contributed by atoms with Crippen molar-refractivity contribution in [2.45, 2.75) is 19.3 Å². The normalized spacial score (nSPS) is 15.1. The van der Waals surface area contributed by atoms with Crippen LogP contribution in [-0.2, 0) is 5.41 Å². The zero-order valence-corrected chi connectivity index (χ0v) is 32.8. The number of fused-ring (bicyclic) bond motifs is 21. The number of anilines is 3. The molecule has 0 bridgehead atoms. The van der Waals surface area contributed by atoms with Gasteiger partial charge in [0, 0.05) is 5.69 Å². The molecule has 0 amide bonds. The Labute approximate surface area is 334 Å². The maximum atomic E-state index is 2.61. The van der Waals surface area contributed by atoms with Crippen LogP contribution in [0.25, 0.3) is 44.2 Å². The van der Waals surface area contributed by atoms with E-state index in [4.69, 9.17) is 0 Å². The van der Waals surface area contributed by atoms with Gasteiger partial charge in [-0.2, -0.15) is 0 Å². The van der Waals surface area contributed by atoms with Gasteiger partial charge in [0.25, 0.3) is 0 Å². The maximum absolute atomic E-state index is 2.81. The van der Waals surface area contributed by atoms with Crippen molar-refractivity contribution < 1.29 is 0 Å². The largest absolute Gasteiger partial charge is 0.310 e. The molecular formula is C55H37NSi. The molecule has 0 atom stereocenters. The highest BCUT2D eigenvalue weighted by molar-refractivity contribution is 7.25. The molecule has 13 rings (SSSR count). The lowest BCUT2D eigenvalue weighted by molar-refractivity contribution is 0.752. The Morgan fingerprint density at radius 3 is 1.49 bits per heavy atom. The average Bonchev–Trinajstić information content (AvgIpc) is 3.83. The van der Waals surface area contributed by atoms with E-state index in [1.54, 1.807) is 5.19 Å². The second-order valence-corrected chi connectivity index (χ2v) is 20.1. The Balaban J connectivity index is 1.13. The lowest BCUT2D eigenvalue weighted by atomic mass is 9.64. The van der Waals surface area contributed by atoms with Crippen LogP contribution in [0.3, 0.4) is 0 Å². The van der Waals surface area contributed by atoms with Crippen LogP contribution >= 0.6 is 0 Å². The van der Waals surface area contributed by atoms with Gasteiger partial charge in [-0.25, -0.2) is 0 Å². The smallest absolute Gasteiger partial charge is 0.182 e. The van der Waals surface area contributed by atoms with E-state index in [0.717, 1.165) is 0 Å². The first-order valence-electron chi connectivity index (χ1n) is 20.2. The molecular weight excluding hydrogens is 703 g/mol. The van der Waals surface area contributed by atoms with Crippen molar-refractivity contribution in [2.24, 2.45) is 0 Å². The minimum atomic E-state index is -2.81. The minimum absolute atomic E-state index is 0.433. The Bertz CT molecular complexity index is 3100. The molecule has 0 saturated heterocycles. The summed E-state index contributed by atoms with van der Waals surface area (Å²) in [6.45, 7) is 4.54. The molecule has 57 heavy (non-hydrogen) atoms. The third-order valence-corrected chi connectivity index (χ3v) is 18.7. The van der Waals surface area contributed by atoms with E-state index >= 15 is 0 Å². The summed E-state index contributed by atoms with van der Waals surface area (Å²) in [6.07, 6.45) is 0. The molecule has 0 saturated carbocycles. The van der Waals surface area contributed by atoms with Gasteiger partial charge in [-0.05, 0) is 125 Å². The molecule has 1 nitrogen and oxygen atoms in total. The van der Waals surface area contributed by atoms with Gasteiger partial charge < -0.3 is 4.90 Å². The lowest BCUT2D eigenvalue weighted by Crippen LogP contribution is -2.71. The predicted octanol–water partition coefficient (Wildman–Crippen LogP) is 10.9. The molecule has 0 radical (unpaired) electrons. The van der Waals surface area contributed by atoms with Gasteiger partial charge in [-0.1, -0.05) is 175 Å². The summed E-state index contributed by atoms with van der Waals surface area (Å²) in [5.41, 5.74) is 19.5. The number of rotatable bonds is 1. The second-order valence-electron chi connectivity index (χ2n) is 16.5. The Hall–Kier alpha value is -6.74. The van der Waals surface area contributed by atoms with Gasteiger partial charge in [0.2, 0.25) is 0 Å². The first kappa shape index (κ1) is 31.5. The van der Waals surface area contributed by atoms with Crippen molar-refractivity contribution in [2.75, 3.05) is 4.90 Å². The zero-order valence-electron chi connectivity index (χ0n) is 31.8. The Kier molecular flexibility index (Phi) is 6.05. The molecule has 9 aromatic carbocycles. The fraction of sp³-hybridized carbons (Fsp3) is 0.0545. The van der Waals surface area contributed by atoms with Gasteiger partial charge in [-0.3, -0.25) is 0 Å². The van der Waals surface area contributed by atoms with Gasteiger partial charge in [0.05, 0.1) is 16.8 Å². The van der Waals surface area contributed by atoms with E-state index in [1.165, 1.54) is 110 Å². The van der Waals surface area contributed by atoms with Crippen LogP contribution in [0.4, 0.5) is 17.1 Å². The summed E-state index contributed by atoms with van der Waals surface area (Å²) in [5.74, 6) is 0. The summed E-state index contributed by atoms with van der Waals surface area (Å²) in [4.78, 5) is 2.58. The fourth-order valence-corrected chi connectivity index (χ4v) is 17.8. The summed E-state index contributed by atoms with van der Waals surface area (Å²) in [5, 5.41) is 8.78. The Morgan fingerprint density at radius 1 is 0.386 bits per heavy atom. The summed E-state index contributed by atoms with van der Waals surface area (Å²) in [7, 11) is -2.81. The Morgan fingerprint density at radius 2 is 0.860 bits per heavy atom. The van der Waals surface area contributed by atoms with E-state index in [-0.39, 0.29) is 0 Å². The van der Waals surface area contributed by atoms with Crippen molar-refractivity contribution in [1.29, 1.82) is 0 Å². The zero-order chi connectivity index (χ0) is 37.6. The van der Waals surface area contributed by atoms with Gasteiger partial charge in [0.1, 0.15) is 0 Å². The predicted molar refractivity (Wildman–Crippen MR) is 241 cm³/mol. The monoisotopic (exact) mass is 739 g/mol. The minimum Gasteiger partial charge on any atom is -0.310 e. The van der Waals surface area contributed by atoms with E-state index in [0.29, 0.717) is 0 Å². The highest BCUT2D eigenvalue weighted by Crippen LogP contribution is 2.63. The van der Waals surface area contributed by atoms with Crippen LogP contribution in [0.1, 0.15) is 33.4 Å². The molecule has 0 fully saturated rings. The SMILES string of the molecule is Cc1ccc2c(c1)[Si]1(c3cc(C)ccc3-2)c2cc(N3c4ccccc4C4(c5ccccc5-c5ccccc54)c4ccccc43)ccc2-c2ccc3ccccc3c21. The number of nitrogens with zero attached hydrogens (tertiary/aromatic N) is 1. The molecule has 2 spiro atoms. The highest BCUT2D eigenvalue weighted by atomic mass is 28.3. The molecule has 3 heterocycles. The summed E-state index contributed by atoms with van der Waals surface area (Å²) >= 11 is 0. The van der Waals surface area contributed by atoms with Crippen LogP contribution in [0.2, 0.25) is 0 Å². The quantitative estimate of drug-likeness (QED) is 0.152. The average molecular weight is 740 g/mol. The van der Waals surface area contributed by atoms with Crippen LogP contribution in [-0.4, -0.2) is 8.07 Å². The molecule has 0 unspecified atom stereocenters. The highest BCUT2D eigenvalue weighted by Gasteiger charge is 2.56.